The minimum absolute atomic E-state index is 0.0138. The highest BCUT2D eigenvalue weighted by Crippen LogP contribution is 2.22. The summed E-state index contributed by atoms with van der Waals surface area (Å²) in [6, 6.07) is 8.32. The molecule has 5 nitrogen and oxygen atoms in total. The maximum absolute atomic E-state index is 12.5. The molecule has 0 saturated carbocycles. The van der Waals surface area contributed by atoms with Crippen LogP contribution in [0, 0.1) is 0 Å². The molecule has 0 atom stereocenters. The van der Waals surface area contributed by atoms with E-state index in [0.717, 1.165) is 5.56 Å². The molecule has 1 aliphatic heterocycles. The number of hydrogen-bond acceptors (Lipinski definition) is 2. The van der Waals surface area contributed by atoms with E-state index < -0.39 is 0 Å². The smallest absolute Gasteiger partial charge is 0.319 e. The Labute approximate surface area is 145 Å². The lowest BCUT2D eigenvalue weighted by molar-refractivity contribution is -0.131. The Hall–Kier alpha value is -2.04. The largest absolute Gasteiger partial charge is 0.339 e. The van der Waals surface area contributed by atoms with Gasteiger partial charge in [-0.15, -0.1) is 0 Å². The second-order valence-electron chi connectivity index (χ2n) is 7.67. The Bertz CT molecular complexity index is 580. The number of carbonyl (C=O) groups is 2. The van der Waals surface area contributed by atoms with Crippen LogP contribution in [0.1, 0.15) is 31.9 Å². The summed E-state index contributed by atoms with van der Waals surface area (Å²) in [5, 5.41) is 0. The molecule has 24 heavy (non-hydrogen) atoms. The quantitative estimate of drug-likeness (QED) is 0.835. The number of rotatable bonds is 2. The third kappa shape index (κ3) is 4.49. The highest BCUT2D eigenvalue weighted by molar-refractivity contribution is 5.79. The SMILES string of the molecule is CN(C)C(=O)N1CCN(C(=O)Cc2ccc(C(C)(C)C)cc2)CC1. The monoisotopic (exact) mass is 331 g/mol. The minimum atomic E-state index is 0.0138. The van der Waals surface area contributed by atoms with E-state index in [2.05, 4.69) is 32.9 Å². The van der Waals surface area contributed by atoms with Crippen LogP contribution in [-0.2, 0) is 16.6 Å². The maximum Gasteiger partial charge on any atom is 0.319 e. The first kappa shape index (κ1) is 18.3. The Morgan fingerprint density at radius 2 is 1.46 bits per heavy atom. The van der Waals surface area contributed by atoms with E-state index in [1.54, 1.807) is 23.9 Å². The first-order valence-corrected chi connectivity index (χ1v) is 8.52. The van der Waals surface area contributed by atoms with Crippen LogP contribution in [0.4, 0.5) is 4.79 Å². The molecule has 1 aromatic rings. The number of nitrogens with zero attached hydrogens (tertiary/aromatic N) is 3. The third-order valence-electron chi connectivity index (χ3n) is 4.46. The number of amides is 3. The number of carbonyl (C=O) groups excluding carboxylic acids is 2. The van der Waals surface area contributed by atoms with Crippen molar-refractivity contribution in [1.82, 2.24) is 14.7 Å². The van der Waals surface area contributed by atoms with Gasteiger partial charge in [0.1, 0.15) is 0 Å². The maximum atomic E-state index is 12.5. The fourth-order valence-corrected chi connectivity index (χ4v) is 2.84. The Kier molecular flexibility index (Phi) is 5.52. The van der Waals surface area contributed by atoms with E-state index in [1.165, 1.54) is 5.56 Å². The number of hydrogen-bond donors (Lipinski definition) is 0. The van der Waals surface area contributed by atoms with Crippen molar-refractivity contribution < 1.29 is 9.59 Å². The van der Waals surface area contributed by atoms with Crippen molar-refractivity contribution in [2.75, 3.05) is 40.3 Å². The lowest BCUT2D eigenvalue weighted by atomic mass is 9.86. The molecule has 0 bridgehead atoms. The van der Waals surface area contributed by atoms with E-state index >= 15 is 0 Å². The molecule has 1 saturated heterocycles. The van der Waals surface area contributed by atoms with Crippen molar-refractivity contribution in [1.29, 1.82) is 0 Å². The molecular formula is C19H29N3O2. The lowest BCUT2D eigenvalue weighted by Crippen LogP contribution is -2.53. The van der Waals surface area contributed by atoms with Gasteiger partial charge in [-0.05, 0) is 16.5 Å². The molecule has 1 aromatic carbocycles. The summed E-state index contributed by atoms with van der Waals surface area (Å²) in [5.41, 5.74) is 2.44. The molecular weight excluding hydrogens is 302 g/mol. The van der Waals surface area contributed by atoms with Gasteiger partial charge in [0.25, 0.3) is 0 Å². The van der Waals surface area contributed by atoms with Crippen LogP contribution < -0.4 is 0 Å². The molecule has 0 spiro atoms. The van der Waals surface area contributed by atoms with E-state index in [1.807, 2.05) is 17.0 Å². The average molecular weight is 331 g/mol. The zero-order valence-corrected chi connectivity index (χ0v) is 15.5. The molecule has 3 amide bonds. The van der Waals surface area contributed by atoms with E-state index in [0.29, 0.717) is 32.6 Å². The van der Waals surface area contributed by atoms with Crippen LogP contribution in [-0.4, -0.2) is 66.9 Å². The molecule has 5 heteroatoms. The molecule has 1 fully saturated rings. The van der Waals surface area contributed by atoms with E-state index in [-0.39, 0.29) is 17.4 Å². The van der Waals surface area contributed by atoms with Crippen LogP contribution >= 0.6 is 0 Å². The van der Waals surface area contributed by atoms with Crippen molar-refractivity contribution in [3.63, 3.8) is 0 Å². The second kappa shape index (κ2) is 7.24. The Morgan fingerprint density at radius 1 is 0.958 bits per heavy atom. The minimum Gasteiger partial charge on any atom is -0.339 e. The van der Waals surface area contributed by atoms with Crippen molar-refractivity contribution in [3.8, 4) is 0 Å². The van der Waals surface area contributed by atoms with Crippen molar-refractivity contribution in [3.05, 3.63) is 35.4 Å². The molecule has 0 aromatic heterocycles. The molecule has 1 heterocycles. The number of piperazine rings is 1. The van der Waals surface area contributed by atoms with Crippen LogP contribution in [0.3, 0.4) is 0 Å². The normalized spacial score (nSPS) is 15.4. The molecule has 1 aliphatic rings. The van der Waals surface area contributed by atoms with Crippen molar-refractivity contribution >= 4 is 11.9 Å². The highest BCUT2D eigenvalue weighted by Gasteiger charge is 2.25. The van der Waals surface area contributed by atoms with Gasteiger partial charge in [-0.3, -0.25) is 4.79 Å². The zero-order chi connectivity index (χ0) is 17.9. The van der Waals surface area contributed by atoms with Crippen LogP contribution in [0.25, 0.3) is 0 Å². The lowest BCUT2D eigenvalue weighted by Gasteiger charge is -2.36. The first-order valence-electron chi connectivity index (χ1n) is 8.52. The standard InChI is InChI=1S/C19H29N3O2/c1-19(2,3)16-8-6-15(7-9-16)14-17(23)21-10-12-22(13-11-21)18(24)20(4)5/h6-9H,10-14H2,1-5H3. The first-order chi connectivity index (χ1) is 11.2. The third-order valence-corrected chi connectivity index (χ3v) is 4.46. The van der Waals surface area contributed by atoms with Gasteiger partial charge in [-0.1, -0.05) is 45.0 Å². The predicted octanol–water partition coefficient (Wildman–Crippen LogP) is 2.35. The summed E-state index contributed by atoms with van der Waals surface area (Å²) in [6.07, 6.45) is 0.423. The summed E-state index contributed by atoms with van der Waals surface area (Å²) in [6.45, 7) is 8.97. The second-order valence-corrected chi connectivity index (χ2v) is 7.67. The predicted molar refractivity (Wildman–Crippen MR) is 96.1 cm³/mol. The number of urea groups is 1. The Morgan fingerprint density at radius 3 is 1.92 bits per heavy atom. The van der Waals surface area contributed by atoms with Gasteiger partial charge in [0.2, 0.25) is 5.91 Å². The summed E-state index contributed by atoms with van der Waals surface area (Å²) in [7, 11) is 3.50. The van der Waals surface area contributed by atoms with Crippen LogP contribution in [0.5, 0.6) is 0 Å². The van der Waals surface area contributed by atoms with Gasteiger partial charge in [0.05, 0.1) is 6.42 Å². The van der Waals surface area contributed by atoms with E-state index in [9.17, 15) is 9.59 Å². The zero-order valence-electron chi connectivity index (χ0n) is 15.5. The summed E-state index contributed by atoms with van der Waals surface area (Å²) in [4.78, 5) is 29.6. The van der Waals surface area contributed by atoms with Gasteiger partial charge in [-0.25, -0.2) is 4.79 Å². The molecule has 0 unspecified atom stereocenters. The van der Waals surface area contributed by atoms with Gasteiger partial charge in [0, 0.05) is 40.3 Å². The molecule has 0 aliphatic carbocycles. The summed E-state index contributed by atoms with van der Waals surface area (Å²) < 4.78 is 0. The van der Waals surface area contributed by atoms with Gasteiger partial charge in [0.15, 0.2) is 0 Å². The summed E-state index contributed by atoms with van der Waals surface area (Å²) >= 11 is 0. The molecule has 2 rings (SSSR count). The van der Waals surface area contributed by atoms with Gasteiger partial charge >= 0.3 is 6.03 Å². The highest BCUT2D eigenvalue weighted by atomic mass is 16.2. The average Bonchev–Trinajstić information content (AvgIpc) is 2.54. The Balaban J connectivity index is 1.89. The van der Waals surface area contributed by atoms with Crippen LogP contribution in [0.2, 0.25) is 0 Å². The molecule has 0 N–H and O–H groups in total. The van der Waals surface area contributed by atoms with E-state index in [4.69, 9.17) is 0 Å². The fourth-order valence-electron chi connectivity index (χ4n) is 2.84. The van der Waals surface area contributed by atoms with Crippen LogP contribution in [0.15, 0.2) is 24.3 Å². The van der Waals surface area contributed by atoms with Crippen molar-refractivity contribution in [2.45, 2.75) is 32.6 Å². The molecule has 0 radical (unpaired) electrons. The van der Waals surface area contributed by atoms with Gasteiger partial charge < -0.3 is 14.7 Å². The number of benzene rings is 1. The fraction of sp³-hybridized carbons (Fsp3) is 0.579. The summed E-state index contributed by atoms with van der Waals surface area (Å²) in [5.74, 6) is 0.135. The van der Waals surface area contributed by atoms with Gasteiger partial charge in [-0.2, -0.15) is 0 Å². The topological polar surface area (TPSA) is 43.9 Å². The molecule has 132 valence electrons. The van der Waals surface area contributed by atoms with Crippen molar-refractivity contribution in [2.24, 2.45) is 0 Å².